The minimum Gasteiger partial charge on any atom is -0.456 e. The molecule has 19 heavy (non-hydrogen) atoms. The van der Waals surface area contributed by atoms with Gasteiger partial charge in [0.25, 0.3) is 0 Å². The fourth-order valence-corrected chi connectivity index (χ4v) is 2.58. The normalized spacial score (nSPS) is 10.6. The van der Waals surface area contributed by atoms with Crippen LogP contribution in [-0.2, 0) is 5.88 Å². The summed E-state index contributed by atoms with van der Waals surface area (Å²) in [6, 6.07) is 10.1. The molecule has 0 spiro atoms. The smallest absolute Gasteiger partial charge is 0.141 e. The maximum Gasteiger partial charge on any atom is 0.141 e. The second kappa shape index (κ2) is 5.98. The summed E-state index contributed by atoms with van der Waals surface area (Å²) in [4.78, 5) is 0. The molecule has 0 unspecified atom stereocenters. The Morgan fingerprint density at radius 3 is 2.37 bits per heavy atom. The van der Waals surface area contributed by atoms with Gasteiger partial charge in [0.2, 0.25) is 0 Å². The van der Waals surface area contributed by atoms with Crippen LogP contribution in [0.25, 0.3) is 0 Å². The second-order valence-corrected chi connectivity index (χ2v) is 5.78. The van der Waals surface area contributed by atoms with Crippen molar-refractivity contribution in [3.63, 3.8) is 0 Å². The average Bonchev–Trinajstić information content (AvgIpc) is 2.40. The SMILES string of the molecule is Cc1ccc(C)c(Oc2ccc(CCl)cc2Br)c1C. The Bertz CT molecular complexity index is 608. The highest BCUT2D eigenvalue weighted by Gasteiger charge is 2.10. The standard InChI is InChI=1S/C16H16BrClO/c1-10-4-5-11(2)16(12(10)3)19-15-7-6-13(9-18)8-14(15)17/h4-8H,9H2,1-3H3. The van der Waals surface area contributed by atoms with Crippen LogP contribution >= 0.6 is 27.5 Å². The monoisotopic (exact) mass is 338 g/mol. The van der Waals surface area contributed by atoms with Gasteiger partial charge in [0.1, 0.15) is 11.5 Å². The molecule has 3 heteroatoms. The zero-order chi connectivity index (χ0) is 14.0. The van der Waals surface area contributed by atoms with E-state index in [1.54, 1.807) is 0 Å². The highest BCUT2D eigenvalue weighted by atomic mass is 79.9. The first-order valence-electron chi connectivity index (χ1n) is 6.12. The molecule has 2 aromatic carbocycles. The molecule has 0 N–H and O–H groups in total. The van der Waals surface area contributed by atoms with Crippen molar-refractivity contribution >= 4 is 27.5 Å². The predicted molar refractivity (Wildman–Crippen MR) is 84.4 cm³/mol. The van der Waals surface area contributed by atoms with E-state index in [1.807, 2.05) is 18.2 Å². The Balaban J connectivity index is 2.39. The lowest BCUT2D eigenvalue weighted by Gasteiger charge is -2.15. The van der Waals surface area contributed by atoms with Crippen molar-refractivity contribution < 1.29 is 4.74 Å². The summed E-state index contributed by atoms with van der Waals surface area (Å²) in [5.41, 5.74) is 4.61. The van der Waals surface area contributed by atoms with Crippen molar-refractivity contribution in [2.24, 2.45) is 0 Å². The third-order valence-electron chi connectivity index (χ3n) is 3.24. The molecule has 0 atom stereocenters. The van der Waals surface area contributed by atoms with E-state index in [2.05, 4.69) is 48.8 Å². The van der Waals surface area contributed by atoms with Gasteiger partial charge in [-0.05, 0) is 71.1 Å². The summed E-state index contributed by atoms with van der Waals surface area (Å²) in [6.07, 6.45) is 0. The summed E-state index contributed by atoms with van der Waals surface area (Å²) in [6.45, 7) is 6.23. The van der Waals surface area contributed by atoms with Crippen molar-refractivity contribution in [3.8, 4) is 11.5 Å². The first-order chi connectivity index (χ1) is 9.02. The topological polar surface area (TPSA) is 9.23 Å². The van der Waals surface area contributed by atoms with E-state index in [1.165, 1.54) is 11.1 Å². The highest BCUT2D eigenvalue weighted by Crippen LogP contribution is 2.35. The van der Waals surface area contributed by atoms with Gasteiger partial charge in [-0.3, -0.25) is 0 Å². The predicted octanol–water partition coefficient (Wildman–Crippen LogP) is 5.91. The Kier molecular flexibility index (Phi) is 4.54. The maximum absolute atomic E-state index is 6.06. The summed E-state index contributed by atoms with van der Waals surface area (Å²) < 4.78 is 6.98. The molecule has 0 aromatic heterocycles. The molecule has 2 aromatic rings. The number of ether oxygens (including phenoxy) is 1. The van der Waals surface area contributed by atoms with Crippen molar-refractivity contribution in [1.29, 1.82) is 0 Å². The number of hydrogen-bond donors (Lipinski definition) is 0. The molecule has 100 valence electrons. The van der Waals surface area contributed by atoms with Gasteiger partial charge in [0.15, 0.2) is 0 Å². The third-order valence-corrected chi connectivity index (χ3v) is 4.16. The lowest BCUT2D eigenvalue weighted by molar-refractivity contribution is 0.471. The Morgan fingerprint density at radius 2 is 1.74 bits per heavy atom. The van der Waals surface area contributed by atoms with E-state index in [0.717, 1.165) is 27.1 Å². The first kappa shape index (κ1) is 14.4. The van der Waals surface area contributed by atoms with Crippen LogP contribution in [0.1, 0.15) is 22.3 Å². The van der Waals surface area contributed by atoms with Gasteiger partial charge in [-0.25, -0.2) is 0 Å². The Hall–Kier alpha value is -0.990. The van der Waals surface area contributed by atoms with Crippen molar-refractivity contribution in [3.05, 3.63) is 57.1 Å². The van der Waals surface area contributed by atoms with Gasteiger partial charge in [-0.15, -0.1) is 11.6 Å². The van der Waals surface area contributed by atoms with E-state index >= 15 is 0 Å². The zero-order valence-corrected chi connectivity index (χ0v) is 13.6. The second-order valence-electron chi connectivity index (χ2n) is 4.65. The van der Waals surface area contributed by atoms with E-state index in [-0.39, 0.29) is 0 Å². The summed E-state index contributed by atoms with van der Waals surface area (Å²) >= 11 is 9.35. The van der Waals surface area contributed by atoms with Crippen molar-refractivity contribution in [2.45, 2.75) is 26.7 Å². The van der Waals surface area contributed by atoms with Crippen LogP contribution in [0.5, 0.6) is 11.5 Å². The molecule has 1 nitrogen and oxygen atoms in total. The van der Waals surface area contributed by atoms with E-state index in [9.17, 15) is 0 Å². The van der Waals surface area contributed by atoms with Gasteiger partial charge in [-0.1, -0.05) is 18.2 Å². The minimum atomic E-state index is 0.501. The highest BCUT2D eigenvalue weighted by molar-refractivity contribution is 9.10. The number of hydrogen-bond acceptors (Lipinski definition) is 1. The molecule has 0 amide bonds. The quantitative estimate of drug-likeness (QED) is 0.632. The lowest BCUT2D eigenvalue weighted by atomic mass is 10.1. The van der Waals surface area contributed by atoms with Crippen LogP contribution in [0.4, 0.5) is 0 Å². The van der Waals surface area contributed by atoms with Gasteiger partial charge in [0.05, 0.1) is 4.47 Å². The molecule has 0 bridgehead atoms. The van der Waals surface area contributed by atoms with Crippen LogP contribution in [-0.4, -0.2) is 0 Å². The van der Waals surface area contributed by atoms with Crippen molar-refractivity contribution in [2.75, 3.05) is 0 Å². The minimum absolute atomic E-state index is 0.501. The van der Waals surface area contributed by atoms with Crippen molar-refractivity contribution in [1.82, 2.24) is 0 Å². The van der Waals surface area contributed by atoms with Gasteiger partial charge in [-0.2, -0.15) is 0 Å². The van der Waals surface area contributed by atoms with Crippen LogP contribution in [0.3, 0.4) is 0 Å². The molecular formula is C16H16BrClO. The van der Waals surface area contributed by atoms with E-state index in [4.69, 9.17) is 16.3 Å². The summed E-state index contributed by atoms with van der Waals surface area (Å²) in [5.74, 6) is 2.24. The zero-order valence-electron chi connectivity index (χ0n) is 11.3. The molecule has 0 radical (unpaired) electrons. The van der Waals surface area contributed by atoms with Gasteiger partial charge >= 0.3 is 0 Å². The first-order valence-corrected chi connectivity index (χ1v) is 7.44. The molecule has 0 aliphatic carbocycles. The Labute approximate surface area is 127 Å². The molecule has 0 aliphatic heterocycles. The maximum atomic E-state index is 6.06. The lowest BCUT2D eigenvalue weighted by Crippen LogP contribution is -1.94. The van der Waals surface area contributed by atoms with E-state index < -0.39 is 0 Å². The molecule has 0 saturated carbocycles. The average molecular weight is 340 g/mol. The fraction of sp³-hybridized carbons (Fsp3) is 0.250. The molecule has 0 aliphatic rings. The molecule has 0 fully saturated rings. The van der Waals surface area contributed by atoms with Crippen LogP contribution in [0.15, 0.2) is 34.8 Å². The molecule has 0 saturated heterocycles. The number of benzene rings is 2. The van der Waals surface area contributed by atoms with Crippen LogP contribution in [0, 0.1) is 20.8 Å². The largest absolute Gasteiger partial charge is 0.456 e. The molecule has 0 heterocycles. The van der Waals surface area contributed by atoms with Gasteiger partial charge in [0, 0.05) is 5.88 Å². The number of rotatable bonds is 3. The number of alkyl halides is 1. The third kappa shape index (κ3) is 3.13. The summed E-state index contributed by atoms with van der Waals surface area (Å²) in [5, 5.41) is 0. The van der Waals surface area contributed by atoms with Gasteiger partial charge < -0.3 is 4.74 Å². The molecular weight excluding hydrogens is 324 g/mol. The Morgan fingerprint density at radius 1 is 1.05 bits per heavy atom. The molecule has 2 rings (SSSR count). The number of halogens is 2. The van der Waals surface area contributed by atoms with Crippen LogP contribution < -0.4 is 4.74 Å². The summed E-state index contributed by atoms with van der Waals surface area (Å²) in [7, 11) is 0. The van der Waals surface area contributed by atoms with Crippen LogP contribution in [0.2, 0.25) is 0 Å². The number of aryl methyl sites for hydroxylation is 2. The fourth-order valence-electron chi connectivity index (χ4n) is 1.90. The van der Waals surface area contributed by atoms with E-state index in [0.29, 0.717) is 5.88 Å².